The Bertz CT molecular complexity index is 437. The molecule has 1 saturated heterocycles. The zero-order valence-electron chi connectivity index (χ0n) is 10.4. The molecule has 1 aliphatic rings. The lowest BCUT2D eigenvalue weighted by atomic mass is 9.95. The van der Waals surface area contributed by atoms with Gasteiger partial charge in [-0.05, 0) is 13.0 Å². The van der Waals surface area contributed by atoms with Crippen molar-refractivity contribution >= 4 is 5.97 Å². The van der Waals surface area contributed by atoms with E-state index in [4.69, 9.17) is 10.2 Å². The average molecular weight is 267 g/mol. The number of β-amino-alcohol motifs (C(OH)–C–C–N with tert-alkyl or cyclic N) is 1. The van der Waals surface area contributed by atoms with Crippen molar-refractivity contribution in [1.82, 2.24) is 14.9 Å². The van der Waals surface area contributed by atoms with E-state index in [2.05, 4.69) is 9.97 Å². The predicted molar refractivity (Wildman–Crippen MR) is 65.5 cm³/mol. The first-order chi connectivity index (χ1) is 9.10. The number of carbonyl (C=O) groups is 1. The van der Waals surface area contributed by atoms with Gasteiger partial charge in [0.15, 0.2) is 5.69 Å². The Morgan fingerprint density at radius 3 is 2.74 bits per heavy atom. The molecule has 0 amide bonds. The molecule has 104 valence electrons. The highest BCUT2D eigenvalue weighted by Gasteiger charge is 2.27. The molecule has 0 radical (unpaired) electrons. The first kappa shape index (κ1) is 13.9. The van der Waals surface area contributed by atoms with Gasteiger partial charge >= 0.3 is 5.97 Å². The highest BCUT2D eigenvalue weighted by Crippen LogP contribution is 2.18. The molecule has 0 saturated carbocycles. The van der Waals surface area contributed by atoms with Gasteiger partial charge in [0.25, 0.3) is 0 Å². The number of hydrogen-bond acceptors (Lipinski definition) is 6. The van der Waals surface area contributed by atoms with Crippen molar-refractivity contribution in [3.63, 3.8) is 0 Å². The van der Waals surface area contributed by atoms with E-state index < -0.39 is 12.1 Å². The number of carboxylic acids is 1. The average Bonchev–Trinajstić information content (AvgIpc) is 2.39. The number of aliphatic hydroxyl groups excluding tert-OH is 2. The van der Waals surface area contributed by atoms with Gasteiger partial charge in [0.1, 0.15) is 0 Å². The molecule has 2 rings (SSSR count). The summed E-state index contributed by atoms with van der Waals surface area (Å²) in [5.74, 6) is -1.16. The molecule has 2 atom stereocenters. The Labute approximate surface area is 110 Å². The van der Waals surface area contributed by atoms with Crippen molar-refractivity contribution < 1.29 is 20.1 Å². The highest BCUT2D eigenvalue weighted by atomic mass is 16.4. The number of aliphatic hydroxyl groups is 2. The molecular formula is C12H17N3O4. The van der Waals surface area contributed by atoms with Crippen LogP contribution in [0.2, 0.25) is 0 Å². The Balaban J connectivity index is 1.93. The topological polar surface area (TPSA) is 107 Å². The fourth-order valence-electron chi connectivity index (χ4n) is 2.18. The Morgan fingerprint density at radius 1 is 1.42 bits per heavy atom. The van der Waals surface area contributed by atoms with Crippen LogP contribution in [0.1, 0.15) is 22.6 Å². The van der Waals surface area contributed by atoms with E-state index in [1.165, 1.54) is 12.4 Å². The van der Waals surface area contributed by atoms with Crippen LogP contribution < -0.4 is 0 Å². The first-order valence-corrected chi connectivity index (χ1v) is 6.15. The second-order valence-corrected chi connectivity index (χ2v) is 4.73. The molecule has 0 spiro atoms. The number of aromatic carboxylic acids is 1. The molecule has 1 aromatic rings. The minimum atomic E-state index is -1.10. The van der Waals surface area contributed by atoms with E-state index in [-0.39, 0.29) is 18.2 Å². The number of likely N-dealkylation sites (tertiary alicyclic amines) is 1. The van der Waals surface area contributed by atoms with Crippen molar-refractivity contribution in [2.75, 3.05) is 19.7 Å². The normalized spacial score (nSPS) is 24.3. The van der Waals surface area contributed by atoms with E-state index >= 15 is 0 Å². The SMILES string of the molecule is O=C(O)c1cnc(CN2CC[C@H](CO)[C@H](O)C2)cn1. The molecule has 7 heteroatoms. The number of piperidine rings is 1. The summed E-state index contributed by atoms with van der Waals surface area (Å²) in [6.45, 7) is 1.77. The smallest absolute Gasteiger partial charge is 0.356 e. The van der Waals surface area contributed by atoms with Gasteiger partial charge in [-0.15, -0.1) is 0 Å². The van der Waals surface area contributed by atoms with Gasteiger partial charge in [-0.1, -0.05) is 0 Å². The highest BCUT2D eigenvalue weighted by molar-refractivity contribution is 5.84. The molecule has 19 heavy (non-hydrogen) atoms. The van der Waals surface area contributed by atoms with E-state index in [1.807, 2.05) is 4.90 Å². The van der Waals surface area contributed by atoms with Crippen LogP contribution in [0.15, 0.2) is 12.4 Å². The summed E-state index contributed by atoms with van der Waals surface area (Å²) in [6.07, 6.45) is 2.87. The van der Waals surface area contributed by atoms with E-state index in [0.717, 1.165) is 13.0 Å². The Morgan fingerprint density at radius 2 is 2.21 bits per heavy atom. The predicted octanol–water partition coefficient (Wildman–Crippen LogP) is -0.650. The van der Waals surface area contributed by atoms with Crippen LogP contribution in [-0.4, -0.2) is 62.0 Å². The van der Waals surface area contributed by atoms with E-state index in [1.54, 1.807) is 0 Å². The maximum absolute atomic E-state index is 10.6. The second kappa shape index (κ2) is 6.05. The van der Waals surface area contributed by atoms with Crippen LogP contribution in [0.5, 0.6) is 0 Å². The van der Waals surface area contributed by atoms with Crippen molar-refractivity contribution in [3.05, 3.63) is 23.8 Å². The van der Waals surface area contributed by atoms with E-state index in [0.29, 0.717) is 18.8 Å². The monoisotopic (exact) mass is 267 g/mol. The van der Waals surface area contributed by atoms with Gasteiger partial charge in [-0.3, -0.25) is 9.88 Å². The second-order valence-electron chi connectivity index (χ2n) is 4.73. The molecule has 1 aliphatic heterocycles. The van der Waals surface area contributed by atoms with Gasteiger partial charge < -0.3 is 15.3 Å². The molecular weight excluding hydrogens is 250 g/mol. The lowest BCUT2D eigenvalue weighted by molar-refractivity contribution is -0.00482. The lowest BCUT2D eigenvalue weighted by Crippen LogP contribution is -2.44. The lowest BCUT2D eigenvalue weighted by Gasteiger charge is -2.34. The third-order valence-corrected chi connectivity index (χ3v) is 3.35. The van der Waals surface area contributed by atoms with Gasteiger partial charge in [0.2, 0.25) is 0 Å². The fourth-order valence-corrected chi connectivity index (χ4v) is 2.18. The van der Waals surface area contributed by atoms with E-state index in [9.17, 15) is 9.90 Å². The summed E-state index contributed by atoms with van der Waals surface area (Å²) in [4.78, 5) is 20.5. The molecule has 0 bridgehead atoms. The van der Waals surface area contributed by atoms with Crippen LogP contribution in [0.4, 0.5) is 0 Å². The standard InChI is InChI=1S/C12H17N3O4/c16-7-8-1-2-15(6-11(8)17)5-9-3-14-10(4-13-9)12(18)19/h3-4,8,11,16-17H,1-2,5-7H2,(H,18,19)/t8-,11-/m1/s1. The van der Waals surface area contributed by atoms with Crippen molar-refractivity contribution in [3.8, 4) is 0 Å². The number of carboxylic acid groups (broad SMARTS) is 1. The van der Waals surface area contributed by atoms with Crippen LogP contribution >= 0.6 is 0 Å². The van der Waals surface area contributed by atoms with Crippen molar-refractivity contribution in [1.29, 1.82) is 0 Å². The third-order valence-electron chi connectivity index (χ3n) is 3.35. The number of aromatic nitrogens is 2. The number of hydrogen-bond donors (Lipinski definition) is 3. The van der Waals surface area contributed by atoms with Gasteiger partial charge in [0, 0.05) is 25.6 Å². The third kappa shape index (κ3) is 3.46. The van der Waals surface area contributed by atoms with Crippen LogP contribution in [-0.2, 0) is 6.54 Å². The Hall–Kier alpha value is -1.57. The van der Waals surface area contributed by atoms with Crippen molar-refractivity contribution in [2.45, 2.75) is 19.1 Å². The summed E-state index contributed by atoms with van der Waals surface area (Å²) < 4.78 is 0. The first-order valence-electron chi connectivity index (χ1n) is 6.15. The molecule has 0 unspecified atom stereocenters. The molecule has 0 aliphatic carbocycles. The number of nitrogens with zero attached hydrogens (tertiary/aromatic N) is 3. The van der Waals surface area contributed by atoms with Crippen LogP contribution in [0.25, 0.3) is 0 Å². The fraction of sp³-hybridized carbons (Fsp3) is 0.583. The molecule has 0 aromatic carbocycles. The zero-order valence-corrected chi connectivity index (χ0v) is 10.4. The quantitative estimate of drug-likeness (QED) is 0.665. The minimum Gasteiger partial charge on any atom is -0.476 e. The molecule has 1 aromatic heterocycles. The van der Waals surface area contributed by atoms with Gasteiger partial charge in [-0.25, -0.2) is 9.78 Å². The van der Waals surface area contributed by atoms with Crippen LogP contribution in [0, 0.1) is 5.92 Å². The summed E-state index contributed by atoms with van der Waals surface area (Å²) in [5.41, 5.74) is 0.586. The largest absolute Gasteiger partial charge is 0.476 e. The zero-order chi connectivity index (χ0) is 13.8. The maximum Gasteiger partial charge on any atom is 0.356 e. The Kier molecular flexibility index (Phi) is 4.41. The molecule has 3 N–H and O–H groups in total. The number of rotatable bonds is 4. The summed E-state index contributed by atoms with van der Waals surface area (Å²) >= 11 is 0. The van der Waals surface area contributed by atoms with Gasteiger partial charge in [-0.2, -0.15) is 0 Å². The summed E-state index contributed by atoms with van der Waals surface area (Å²) in [6, 6.07) is 0. The van der Waals surface area contributed by atoms with Gasteiger partial charge in [0.05, 0.1) is 24.2 Å². The van der Waals surface area contributed by atoms with Crippen LogP contribution in [0.3, 0.4) is 0 Å². The van der Waals surface area contributed by atoms with Crippen molar-refractivity contribution in [2.24, 2.45) is 5.92 Å². The summed E-state index contributed by atoms with van der Waals surface area (Å²) in [5, 5.41) is 27.6. The summed E-state index contributed by atoms with van der Waals surface area (Å²) in [7, 11) is 0. The molecule has 2 heterocycles. The maximum atomic E-state index is 10.6. The minimum absolute atomic E-state index is 0.00210. The molecule has 7 nitrogen and oxygen atoms in total. The molecule has 1 fully saturated rings.